The molecule has 0 radical (unpaired) electrons. The third-order valence-corrected chi connectivity index (χ3v) is 10.5. The van der Waals surface area contributed by atoms with Gasteiger partial charge in [-0.15, -0.1) is 11.3 Å². The average molecular weight is 630 g/mol. The van der Waals surface area contributed by atoms with Crippen molar-refractivity contribution in [3.05, 3.63) is 188 Å². The lowest BCUT2D eigenvalue weighted by Crippen LogP contribution is -2.10. The lowest BCUT2D eigenvalue weighted by atomic mass is 9.94. The molecule has 226 valence electrons. The number of hydrogen-bond acceptors (Lipinski definition) is 2. The molecule has 0 unspecified atom stereocenters. The normalized spacial score (nSPS) is 11.3. The molecule has 0 aliphatic heterocycles. The second kappa shape index (κ2) is 12.0. The first kappa shape index (κ1) is 28.3. The van der Waals surface area contributed by atoms with E-state index < -0.39 is 0 Å². The van der Waals surface area contributed by atoms with E-state index in [0.717, 1.165) is 11.4 Å². The van der Waals surface area contributed by atoms with Gasteiger partial charge in [-0.3, -0.25) is 0 Å². The van der Waals surface area contributed by atoms with Crippen LogP contribution in [0.3, 0.4) is 0 Å². The Morgan fingerprint density at radius 1 is 0.354 bits per heavy atom. The maximum absolute atomic E-state index is 2.42. The van der Waals surface area contributed by atoms with Gasteiger partial charge in [0.15, 0.2) is 0 Å². The Hall–Kier alpha value is -5.96. The van der Waals surface area contributed by atoms with E-state index in [0.29, 0.717) is 0 Å². The summed E-state index contributed by atoms with van der Waals surface area (Å²) in [6.45, 7) is 0. The van der Waals surface area contributed by atoms with Gasteiger partial charge in [0.2, 0.25) is 0 Å². The summed E-state index contributed by atoms with van der Waals surface area (Å²) in [6, 6.07) is 68.0. The summed E-state index contributed by atoms with van der Waals surface area (Å²) in [7, 11) is 0. The van der Waals surface area contributed by atoms with Crippen LogP contribution in [0.15, 0.2) is 188 Å². The Balaban J connectivity index is 1.24. The maximum atomic E-state index is 2.42. The Bertz CT molecular complexity index is 2440. The zero-order chi connectivity index (χ0) is 31.9. The van der Waals surface area contributed by atoms with Crippen LogP contribution in [-0.4, -0.2) is 0 Å². The fraction of sp³-hybridized carbons (Fsp3) is 0. The van der Waals surface area contributed by atoms with Crippen LogP contribution in [0.1, 0.15) is 0 Å². The molecule has 1 heterocycles. The van der Waals surface area contributed by atoms with Crippen molar-refractivity contribution in [2.45, 2.75) is 0 Å². The quantitative estimate of drug-likeness (QED) is 0.177. The first-order chi connectivity index (χ1) is 23.8. The van der Waals surface area contributed by atoms with Crippen LogP contribution in [-0.2, 0) is 0 Å². The molecule has 0 atom stereocenters. The highest BCUT2D eigenvalue weighted by molar-refractivity contribution is 7.26. The molecule has 0 aliphatic rings. The summed E-state index contributed by atoms with van der Waals surface area (Å²) in [6.07, 6.45) is 0. The van der Waals surface area contributed by atoms with E-state index in [4.69, 9.17) is 0 Å². The average Bonchev–Trinajstić information content (AvgIpc) is 3.56. The van der Waals surface area contributed by atoms with Crippen LogP contribution in [0.5, 0.6) is 0 Å². The van der Waals surface area contributed by atoms with E-state index in [1.165, 1.54) is 70.0 Å². The number of hydrogen-bond donors (Lipinski definition) is 0. The summed E-state index contributed by atoms with van der Waals surface area (Å²) in [5.41, 5.74) is 10.8. The molecule has 0 fully saturated rings. The van der Waals surface area contributed by atoms with E-state index in [-0.39, 0.29) is 0 Å². The molecule has 9 rings (SSSR count). The van der Waals surface area contributed by atoms with Gasteiger partial charge in [-0.2, -0.15) is 0 Å². The SMILES string of the molecule is c1ccc(-c2ccc(N(c3ccc(-c4ccccc4)cc3)c3cccc4c3sc3cccc(-c5cccc6ccccc56)c34)cc2)cc1. The zero-order valence-electron chi connectivity index (χ0n) is 26.3. The Morgan fingerprint density at radius 3 is 1.52 bits per heavy atom. The van der Waals surface area contributed by atoms with Crippen LogP contribution >= 0.6 is 11.3 Å². The molecule has 0 aliphatic carbocycles. The van der Waals surface area contributed by atoms with Crippen molar-refractivity contribution < 1.29 is 0 Å². The van der Waals surface area contributed by atoms with Crippen molar-refractivity contribution in [3.63, 3.8) is 0 Å². The molecule has 1 nitrogen and oxygen atoms in total. The molecule has 2 heteroatoms. The number of thiophene rings is 1. The highest BCUT2D eigenvalue weighted by Crippen LogP contribution is 2.48. The third-order valence-electron chi connectivity index (χ3n) is 9.29. The minimum Gasteiger partial charge on any atom is -0.309 e. The second-order valence-electron chi connectivity index (χ2n) is 12.1. The first-order valence-corrected chi connectivity index (χ1v) is 17.2. The molecule has 0 amide bonds. The van der Waals surface area contributed by atoms with E-state index in [9.17, 15) is 0 Å². The highest BCUT2D eigenvalue weighted by atomic mass is 32.1. The van der Waals surface area contributed by atoms with Crippen LogP contribution in [0.25, 0.3) is 64.3 Å². The molecule has 48 heavy (non-hydrogen) atoms. The maximum Gasteiger partial charge on any atom is 0.0640 e. The Labute approximate surface area is 284 Å². The van der Waals surface area contributed by atoms with Gasteiger partial charge >= 0.3 is 0 Å². The summed E-state index contributed by atoms with van der Waals surface area (Å²) in [4.78, 5) is 2.42. The number of fused-ring (bicyclic) bond motifs is 4. The predicted molar refractivity (Wildman–Crippen MR) is 208 cm³/mol. The number of rotatable bonds is 6. The molecule has 0 saturated heterocycles. The van der Waals surface area contributed by atoms with Gasteiger partial charge in [-0.1, -0.05) is 152 Å². The minimum absolute atomic E-state index is 1.13. The van der Waals surface area contributed by atoms with E-state index in [1.54, 1.807) is 0 Å². The van der Waals surface area contributed by atoms with Crippen LogP contribution in [0.4, 0.5) is 17.1 Å². The predicted octanol–water partition coefficient (Wildman–Crippen LogP) is 13.7. The van der Waals surface area contributed by atoms with Crippen LogP contribution in [0.2, 0.25) is 0 Å². The van der Waals surface area contributed by atoms with Crippen molar-refractivity contribution in [1.29, 1.82) is 0 Å². The van der Waals surface area contributed by atoms with Crippen molar-refractivity contribution in [2.75, 3.05) is 4.90 Å². The lowest BCUT2D eigenvalue weighted by molar-refractivity contribution is 1.30. The standard InChI is InChI=1S/C46H31NS/c1-3-12-32(13-4-1)34-24-28-37(29-25-34)47(38-30-26-35(27-31-38)33-14-5-2-6-15-33)43-22-10-21-42-45-41(20-11-23-44(45)48-46(42)43)40-19-9-17-36-16-7-8-18-39(36)40/h1-31H. The van der Waals surface area contributed by atoms with Gasteiger partial charge in [0.25, 0.3) is 0 Å². The lowest BCUT2D eigenvalue weighted by Gasteiger charge is -2.26. The van der Waals surface area contributed by atoms with E-state index in [2.05, 4.69) is 193 Å². The van der Waals surface area contributed by atoms with Crippen molar-refractivity contribution in [2.24, 2.45) is 0 Å². The molecule has 1 aromatic heterocycles. The summed E-state index contributed by atoms with van der Waals surface area (Å²) in [5, 5.41) is 5.13. The molecular formula is C46H31NS. The van der Waals surface area contributed by atoms with Crippen LogP contribution < -0.4 is 4.90 Å². The molecule has 0 N–H and O–H groups in total. The molecule has 0 saturated carbocycles. The first-order valence-electron chi connectivity index (χ1n) is 16.4. The molecule has 0 spiro atoms. The smallest absolute Gasteiger partial charge is 0.0640 e. The van der Waals surface area contributed by atoms with Crippen molar-refractivity contribution in [3.8, 4) is 33.4 Å². The summed E-state index contributed by atoms with van der Waals surface area (Å²) < 4.78 is 2.57. The Morgan fingerprint density at radius 2 is 0.854 bits per heavy atom. The van der Waals surface area contributed by atoms with Gasteiger partial charge in [-0.25, -0.2) is 0 Å². The summed E-state index contributed by atoms with van der Waals surface area (Å²) >= 11 is 1.88. The number of benzene rings is 8. The fourth-order valence-electron chi connectivity index (χ4n) is 6.99. The van der Waals surface area contributed by atoms with Crippen LogP contribution in [0, 0.1) is 0 Å². The number of anilines is 3. The largest absolute Gasteiger partial charge is 0.309 e. The topological polar surface area (TPSA) is 3.24 Å². The van der Waals surface area contributed by atoms with Gasteiger partial charge in [0.05, 0.1) is 10.4 Å². The Kier molecular flexibility index (Phi) is 7.07. The molecular weight excluding hydrogens is 599 g/mol. The zero-order valence-corrected chi connectivity index (χ0v) is 27.1. The monoisotopic (exact) mass is 629 g/mol. The van der Waals surface area contributed by atoms with Gasteiger partial charge in [0.1, 0.15) is 0 Å². The highest BCUT2D eigenvalue weighted by Gasteiger charge is 2.20. The van der Waals surface area contributed by atoms with Crippen molar-refractivity contribution in [1.82, 2.24) is 0 Å². The molecule has 8 aromatic carbocycles. The van der Waals surface area contributed by atoms with E-state index in [1.807, 2.05) is 11.3 Å². The van der Waals surface area contributed by atoms with Gasteiger partial charge < -0.3 is 4.90 Å². The fourth-order valence-corrected chi connectivity index (χ4v) is 8.22. The summed E-state index contributed by atoms with van der Waals surface area (Å²) in [5.74, 6) is 0. The molecule has 9 aromatic rings. The van der Waals surface area contributed by atoms with Crippen molar-refractivity contribution >= 4 is 59.3 Å². The third kappa shape index (κ3) is 4.95. The molecule has 0 bridgehead atoms. The number of nitrogens with zero attached hydrogens (tertiary/aromatic N) is 1. The van der Waals surface area contributed by atoms with Gasteiger partial charge in [0, 0.05) is 26.8 Å². The van der Waals surface area contributed by atoms with E-state index >= 15 is 0 Å². The second-order valence-corrected chi connectivity index (χ2v) is 13.2. The van der Waals surface area contributed by atoms with Gasteiger partial charge in [-0.05, 0) is 80.6 Å². The minimum atomic E-state index is 1.13.